The van der Waals surface area contributed by atoms with E-state index in [1.54, 1.807) is 0 Å². The van der Waals surface area contributed by atoms with Crippen LogP contribution in [-0.4, -0.2) is 32.2 Å². The van der Waals surface area contributed by atoms with Gasteiger partial charge >= 0.3 is 67.7 Å². The molecular formula is H3Na2O7PS. The predicted molar refractivity (Wildman–Crippen MR) is 24.1 cm³/mol. The molecule has 0 aliphatic rings. The Kier molecular flexibility index (Phi) is 25.7. The fourth-order valence-corrected chi connectivity index (χ4v) is 0. The van der Waals surface area contributed by atoms with Crippen LogP contribution in [0.1, 0.15) is 0 Å². The maximum atomic E-state index is 8.52. The Balaban J connectivity index is -0.0000000383. The Morgan fingerprint density at radius 2 is 1.00 bits per heavy atom. The van der Waals surface area contributed by atoms with Crippen molar-refractivity contribution in [3.05, 3.63) is 0 Å². The van der Waals surface area contributed by atoms with Gasteiger partial charge in [0.15, 0.2) is 0 Å². The Morgan fingerprint density at radius 1 is 1.00 bits per heavy atom. The molecule has 11 heavy (non-hydrogen) atoms. The number of hydrogen-bond acceptors (Lipinski definition) is 7. The van der Waals surface area contributed by atoms with Crippen molar-refractivity contribution in [2.45, 2.75) is 0 Å². The van der Waals surface area contributed by atoms with Crippen molar-refractivity contribution in [1.29, 1.82) is 0 Å². The van der Waals surface area contributed by atoms with E-state index in [1.807, 2.05) is 0 Å². The minimum atomic E-state index is -5.17. The molecule has 0 aliphatic heterocycles. The third kappa shape index (κ3) is 266. The summed E-state index contributed by atoms with van der Waals surface area (Å²) in [5.74, 6) is 0. The summed E-state index contributed by atoms with van der Waals surface area (Å²) in [6.45, 7) is 0. The fraction of sp³-hybridized carbons (Fsp3) is 0. The molecule has 0 unspecified atom stereocenters. The molecule has 7 nitrogen and oxygen atoms in total. The van der Waals surface area contributed by atoms with Crippen molar-refractivity contribution in [2.24, 2.45) is 0 Å². The van der Waals surface area contributed by atoms with Gasteiger partial charge in [-0.2, -0.15) is 0 Å². The normalized spacial score (nSPS) is 8.55. The summed E-state index contributed by atoms with van der Waals surface area (Å²) >= 11 is 0. The van der Waals surface area contributed by atoms with Crippen LogP contribution in [0.3, 0.4) is 0 Å². The smallest absolute Gasteiger partial charge is 0.759 e. The van der Waals surface area contributed by atoms with Gasteiger partial charge in [-0.15, -0.1) is 0 Å². The van der Waals surface area contributed by atoms with Crippen molar-refractivity contribution in [2.75, 3.05) is 0 Å². The molecule has 0 spiro atoms. The first-order valence-electron chi connectivity index (χ1n) is 1.27. The quantitative estimate of drug-likeness (QED) is 0.160. The van der Waals surface area contributed by atoms with Crippen molar-refractivity contribution in [3.8, 4) is 0 Å². The minimum Gasteiger partial charge on any atom is -0.759 e. The van der Waals surface area contributed by atoms with Crippen LogP contribution in [0.4, 0.5) is 0 Å². The molecule has 0 rings (SSSR count). The van der Waals surface area contributed by atoms with Crippen LogP contribution in [0.15, 0.2) is 0 Å². The molecule has 0 aromatic carbocycles. The largest absolute Gasteiger partial charge is 1.00 e. The zero-order valence-electron chi connectivity index (χ0n) is 5.83. The zero-order valence-corrected chi connectivity index (χ0v) is 11.5. The minimum absolute atomic E-state index is 0. The molecule has 58 valence electrons. The van der Waals surface area contributed by atoms with Gasteiger partial charge in [0.1, 0.15) is 0 Å². The molecule has 0 fully saturated rings. The summed E-state index contributed by atoms with van der Waals surface area (Å²) < 4.78 is 34.1. The Bertz CT molecular complexity index is 128. The Hall–Kier alpha value is 2.18. The summed E-state index contributed by atoms with van der Waals surface area (Å²) in [6.07, 6.45) is 0. The van der Waals surface area contributed by atoms with E-state index in [2.05, 4.69) is 0 Å². The SMILES string of the molecule is O=S(=O)([O-])[O-].OP(O)O.[Na+].[Na+]. The second kappa shape index (κ2) is 12.2. The van der Waals surface area contributed by atoms with Gasteiger partial charge in [0.2, 0.25) is 0 Å². The van der Waals surface area contributed by atoms with Gasteiger partial charge < -0.3 is 23.8 Å². The van der Waals surface area contributed by atoms with E-state index in [0.29, 0.717) is 0 Å². The number of hydrogen-bond donors (Lipinski definition) is 3. The van der Waals surface area contributed by atoms with E-state index in [0.717, 1.165) is 0 Å². The van der Waals surface area contributed by atoms with Gasteiger partial charge in [-0.1, -0.05) is 0 Å². The summed E-state index contributed by atoms with van der Waals surface area (Å²) in [5.41, 5.74) is 0. The average molecular weight is 224 g/mol. The molecule has 0 amide bonds. The van der Waals surface area contributed by atoms with E-state index in [-0.39, 0.29) is 59.1 Å². The third-order valence-electron chi connectivity index (χ3n) is 0. The fourth-order valence-electron chi connectivity index (χ4n) is 0. The van der Waals surface area contributed by atoms with Crippen LogP contribution in [-0.2, 0) is 10.4 Å². The van der Waals surface area contributed by atoms with E-state index in [4.69, 9.17) is 32.2 Å². The van der Waals surface area contributed by atoms with E-state index in [1.165, 1.54) is 0 Å². The molecule has 0 aromatic heterocycles. The van der Waals surface area contributed by atoms with Gasteiger partial charge in [0, 0.05) is 10.4 Å². The van der Waals surface area contributed by atoms with Gasteiger partial charge in [0.25, 0.3) is 0 Å². The molecule has 0 heterocycles. The first-order chi connectivity index (χ1) is 3.73. The van der Waals surface area contributed by atoms with Gasteiger partial charge in [0.05, 0.1) is 0 Å². The maximum Gasteiger partial charge on any atom is 1.00 e. The van der Waals surface area contributed by atoms with Gasteiger partial charge in [-0.05, 0) is 0 Å². The van der Waals surface area contributed by atoms with Crippen molar-refractivity contribution in [3.63, 3.8) is 0 Å². The molecule has 0 bridgehead atoms. The molecule has 0 saturated heterocycles. The predicted octanol–water partition coefficient (Wildman–Crippen LogP) is -8.14. The summed E-state index contributed by atoms with van der Waals surface area (Å²) in [7, 11) is -7.79. The van der Waals surface area contributed by atoms with E-state index < -0.39 is 19.0 Å². The average Bonchev–Trinajstić information content (AvgIpc) is 1.19. The monoisotopic (exact) mass is 224 g/mol. The van der Waals surface area contributed by atoms with E-state index in [9.17, 15) is 0 Å². The molecule has 0 atom stereocenters. The maximum absolute atomic E-state index is 8.52. The van der Waals surface area contributed by atoms with E-state index >= 15 is 0 Å². The second-order valence-electron chi connectivity index (χ2n) is 0.677. The molecule has 3 N–H and O–H groups in total. The van der Waals surface area contributed by atoms with Crippen LogP contribution >= 0.6 is 8.60 Å². The van der Waals surface area contributed by atoms with Gasteiger partial charge in [-0.25, -0.2) is 0 Å². The first-order valence-corrected chi connectivity index (χ1v) is 3.80. The van der Waals surface area contributed by atoms with Gasteiger partial charge in [-0.3, -0.25) is 8.42 Å². The zero-order chi connectivity index (χ0) is 8.08. The molecule has 11 heteroatoms. The first kappa shape index (κ1) is 23.2. The molecular weight excluding hydrogens is 221 g/mol. The summed E-state index contributed by atoms with van der Waals surface area (Å²) in [6, 6.07) is 0. The van der Waals surface area contributed by atoms with Crippen molar-refractivity contribution in [1.82, 2.24) is 0 Å². The van der Waals surface area contributed by atoms with Crippen LogP contribution in [0.5, 0.6) is 0 Å². The standard InChI is InChI=1S/2Na.H2O4S.H3O3P/c;;1-5(2,3)4;1-4(2)3/h;;(H2,1,2,3,4);1-3H/q2*+1;;/p-2. The van der Waals surface area contributed by atoms with Crippen molar-refractivity contribution < 1.29 is 91.3 Å². The molecule has 0 saturated carbocycles. The molecule has 0 aromatic rings. The van der Waals surface area contributed by atoms with Crippen LogP contribution in [0.2, 0.25) is 0 Å². The van der Waals surface area contributed by atoms with Crippen LogP contribution in [0.25, 0.3) is 0 Å². The number of rotatable bonds is 0. The summed E-state index contributed by atoms with van der Waals surface area (Å²) in [5, 5.41) is 0. The Labute approximate surface area is 109 Å². The topological polar surface area (TPSA) is 141 Å². The Morgan fingerprint density at radius 3 is 1.00 bits per heavy atom. The third-order valence-corrected chi connectivity index (χ3v) is 0. The second-order valence-corrected chi connectivity index (χ2v) is 2.03. The van der Waals surface area contributed by atoms with Crippen LogP contribution in [0, 0.1) is 0 Å². The molecule has 0 aliphatic carbocycles. The van der Waals surface area contributed by atoms with Crippen molar-refractivity contribution >= 4 is 19.0 Å². The summed E-state index contributed by atoms with van der Waals surface area (Å²) in [4.78, 5) is 21.7. The van der Waals surface area contributed by atoms with Crippen LogP contribution < -0.4 is 59.1 Å². The molecule has 0 radical (unpaired) electrons.